The van der Waals surface area contributed by atoms with Crippen molar-refractivity contribution in [3.05, 3.63) is 72.9 Å². The lowest BCUT2D eigenvalue weighted by Crippen LogP contribution is -2.00. The van der Waals surface area contributed by atoms with Crippen LogP contribution in [0.2, 0.25) is 0 Å². The summed E-state index contributed by atoms with van der Waals surface area (Å²) in [6, 6.07) is 19.0. The van der Waals surface area contributed by atoms with Crippen LogP contribution in [-0.2, 0) is 6.42 Å². The molecule has 0 bridgehead atoms. The molecule has 0 radical (unpaired) electrons. The van der Waals surface area contributed by atoms with Crippen LogP contribution in [0.15, 0.2) is 76.9 Å². The normalized spacial score (nSPS) is 11.1. The van der Waals surface area contributed by atoms with Crippen molar-refractivity contribution in [2.75, 3.05) is 0 Å². The van der Waals surface area contributed by atoms with E-state index in [-0.39, 0.29) is 0 Å². The standard InChI is InChI=1S/C22H22N4S/c1-2-3-5-10-21-23-16-26-22(25-21)20(15-24-26)17-11-13-19(14-12-17)27-18-8-6-4-7-9-18/h4,6-9,11-16H,2-3,5,10H2,1H3. The van der Waals surface area contributed by atoms with E-state index in [1.54, 1.807) is 22.6 Å². The van der Waals surface area contributed by atoms with E-state index in [1.165, 1.54) is 22.6 Å². The van der Waals surface area contributed by atoms with Crippen LogP contribution in [0, 0.1) is 0 Å². The first kappa shape index (κ1) is 17.7. The fourth-order valence-electron chi connectivity index (χ4n) is 3.01. The molecule has 2 heterocycles. The summed E-state index contributed by atoms with van der Waals surface area (Å²) < 4.78 is 1.76. The Labute approximate surface area is 163 Å². The van der Waals surface area contributed by atoms with E-state index in [1.807, 2.05) is 12.3 Å². The summed E-state index contributed by atoms with van der Waals surface area (Å²) in [5.41, 5.74) is 3.05. The van der Waals surface area contributed by atoms with Gasteiger partial charge in [-0.15, -0.1) is 0 Å². The molecule has 0 N–H and O–H groups in total. The lowest BCUT2D eigenvalue weighted by Gasteiger charge is -2.04. The van der Waals surface area contributed by atoms with E-state index < -0.39 is 0 Å². The highest BCUT2D eigenvalue weighted by atomic mass is 32.2. The fraction of sp³-hybridized carbons (Fsp3) is 0.227. The van der Waals surface area contributed by atoms with Crippen LogP contribution in [0.3, 0.4) is 0 Å². The van der Waals surface area contributed by atoms with Crippen LogP contribution in [0.4, 0.5) is 0 Å². The topological polar surface area (TPSA) is 43.1 Å². The average molecular weight is 375 g/mol. The largest absolute Gasteiger partial charge is 0.221 e. The molecule has 4 aromatic rings. The smallest absolute Gasteiger partial charge is 0.166 e. The maximum atomic E-state index is 4.76. The fourth-order valence-corrected chi connectivity index (χ4v) is 3.85. The minimum atomic E-state index is 0.875. The zero-order valence-electron chi connectivity index (χ0n) is 15.4. The maximum Gasteiger partial charge on any atom is 0.166 e. The average Bonchev–Trinajstić information content (AvgIpc) is 3.13. The molecule has 0 aliphatic carbocycles. The van der Waals surface area contributed by atoms with Crippen molar-refractivity contribution < 1.29 is 0 Å². The minimum Gasteiger partial charge on any atom is -0.221 e. The molecule has 0 saturated carbocycles. The number of unbranched alkanes of at least 4 members (excludes halogenated alkanes) is 2. The Bertz CT molecular complexity index is 1010. The lowest BCUT2D eigenvalue weighted by molar-refractivity contribution is 0.688. The Morgan fingerprint density at radius 1 is 0.926 bits per heavy atom. The highest BCUT2D eigenvalue weighted by molar-refractivity contribution is 7.99. The summed E-state index contributed by atoms with van der Waals surface area (Å²) >= 11 is 1.76. The van der Waals surface area contributed by atoms with Crippen LogP contribution in [-0.4, -0.2) is 19.6 Å². The van der Waals surface area contributed by atoms with Crippen molar-refractivity contribution in [2.24, 2.45) is 0 Å². The molecular weight excluding hydrogens is 352 g/mol. The third-order valence-corrected chi connectivity index (χ3v) is 5.48. The van der Waals surface area contributed by atoms with Gasteiger partial charge >= 0.3 is 0 Å². The van der Waals surface area contributed by atoms with E-state index in [0.29, 0.717) is 0 Å². The summed E-state index contributed by atoms with van der Waals surface area (Å²) in [6.07, 6.45) is 8.10. The van der Waals surface area contributed by atoms with Gasteiger partial charge < -0.3 is 0 Å². The van der Waals surface area contributed by atoms with E-state index >= 15 is 0 Å². The van der Waals surface area contributed by atoms with E-state index in [9.17, 15) is 0 Å². The number of hydrogen-bond acceptors (Lipinski definition) is 4. The number of nitrogens with zero attached hydrogens (tertiary/aromatic N) is 4. The van der Waals surface area contributed by atoms with Gasteiger partial charge in [-0.05, 0) is 36.2 Å². The first-order chi connectivity index (χ1) is 13.3. The van der Waals surface area contributed by atoms with E-state index in [0.717, 1.165) is 35.4 Å². The van der Waals surface area contributed by atoms with Gasteiger partial charge in [0.15, 0.2) is 5.65 Å². The molecule has 27 heavy (non-hydrogen) atoms. The zero-order chi connectivity index (χ0) is 18.5. The lowest BCUT2D eigenvalue weighted by atomic mass is 10.1. The molecule has 0 amide bonds. The summed E-state index contributed by atoms with van der Waals surface area (Å²) in [5, 5.41) is 4.41. The third kappa shape index (κ3) is 4.19. The molecule has 5 heteroatoms. The van der Waals surface area contributed by atoms with Crippen molar-refractivity contribution in [1.29, 1.82) is 0 Å². The number of fused-ring (bicyclic) bond motifs is 1. The molecule has 0 unspecified atom stereocenters. The van der Waals surface area contributed by atoms with Gasteiger partial charge in [-0.25, -0.2) is 14.5 Å². The van der Waals surface area contributed by atoms with E-state index in [4.69, 9.17) is 4.98 Å². The van der Waals surface area contributed by atoms with Crippen molar-refractivity contribution in [1.82, 2.24) is 19.6 Å². The number of hydrogen-bond donors (Lipinski definition) is 0. The second-order valence-corrected chi connectivity index (χ2v) is 7.64. The Kier molecular flexibility index (Phi) is 5.49. The van der Waals surface area contributed by atoms with Gasteiger partial charge in [0.05, 0.1) is 6.20 Å². The summed E-state index contributed by atoms with van der Waals surface area (Å²) in [7, 11) is 0. The molecule has 0 atom stereocenters. The molecule has 2 aromatic carbocycles. The van der Waals surface area contributed by atoms with Crippen LogP contribution in [0.1, 0.15) is 32.0 Å². The van der Waals surface area contributed by atoms with Gasteiger partial charge in [0.2, 0.25) is 0 Å². The van der Waals surface area contributed by atoms with Crippen molar-refractivity contribution in [3.8, 4) is 11.1 Å². The molecule has 2 aromatic heterocycles. The molecule has 4 nitrogen and oxygen atoms in total. The predicted molar refractivity (Wildman–Crippen MR) is 110 cm³/mol. The highest BCUT2D eigenvalue weighted by Gasteiger charge is 2.10. The number of aryl methyl sites for hydroxylation is 1. The second-order valence-electron chi connectivity index (χ2n) is 6.50. The second kappa shape index (κ2) is 8.35. The maximum absolute atomic E-state index is 4.76. The first-order valence-electron chi connectivity index (χ1n) is 9.36. The van der Waals surface area contributed by atoms with Crippen LogP contribution >= 0.6 is 11.8 Å². The Hall–Kier alpha value is -2.66. The van der Waals surface area contributed by atoms with Gasteiger partial charge in [-0.2, -0.15) is 5.10 Å². The van der Waals surface area contributed by atoms with Crippen molar-refractivity contribution in [3.63, 3.8) is 0 Å². The quantitative estimate of drug-likeness (QED) is 0.391. The van der Waals surface area contributed by atoms with Gasteiger partial charge in [0, 0.05) is 21.8 Å². The Morgan fingerprint density at radius 2 is 1.70 bits per heavy atom. The number of rotatable bonds is 7. The monoisotopic (exact) mass is 374 g/mol. The van der Waals surface area contributed by atoms with Crippen molar-refractivity contribution >= 4 is 17.4 Å². The van der Waals surface area contributed by atoms with Gasteiger partial charge in [-0.3, -0.25) is 0 Å². The minimum absolute atomic E-state index is 0.875. The third-order valence-electron chi connectivity index (χ3n) is 4.47. The SMILES string of the molecule is CCCCCc1ncn2ncc(-c3ccc(Sc4ccccc4)cc3)c2n1. The summed E-state index contributed by atoms with van der Waals surface area (Å²) in [4.78, 5) is 11.7. The number of aromatic nitrogens is 4. The van der Waals surface area contributed by atoms with Gasteiger partial charge in [0.25, 0.3) is 0 Å². The van der Waals surface area contributed by atoms with Crippen molar-refractivity contribution in [2.45, 2.75) is 42.4 Å². The van der Waals surface area contributed by atoms with Gasteiger partial charge in [0.1, 0.15) is 12.2 Å². The number of benzene rings is 2. The molecule has 0 fully saturated rings. The Morgan fingerprint density at radius 3 is 2.48 bits per heavy atom. The van der Waals surface area contributed by atoms with Crippen LogP contribution in [0.5, 0.6) is 0 Å². The Balaban J connectivity index is 1.57. The molecule has 4 rings (SSSR count). The molecular formula is C22H22N4S. The summed E-state index contributed by atoms with van der Waals surface area (Å²) in [5.74, 6) is 0.897. The first-order valence-corrected chi connectivity index (χ1v) is 10.2. The van der Waals surface area contributed by atoms with Crippen LogP contribution < -0.4 is 0 Å². The molecule has 0 saturated heterocycles. The molecule has 0 spiro atoms. The van der Waals surface area contributed by atoms with Crippen LogP contribution in [0.25, 0.3) is 16.8 Å². The molecule has 0 aliphatic rings. The molecule has 136 valence electrons. The van der Waals surface area contributed by atoms with E-state index in [2.05, 4.69) is 65.5 Å². The zero-order valence-corrected chi connectivity index (χ0v) is 16.2. The molecule has 0 aliphatic heterocycles. The highest BCUT2D eigenvalue weighted by Crippen LogP contribution is 2.30. The predicted octanol–water partition coefficient (Wildman–Crippen LogP) is 5.68. The summed E-state index contributed by atoms with van der Waals surface area (Å²) in [6.45, 7) is 2.21. The van der Waals surface area contributed by atoms with Gasteiger partial charge in [-0.1, -0.05) is 61.9 Å².